The fourth-order valence-electron chi connectivity index (χ4n) is 2.17. The second-order valence-corrected chi connectivity index (χ2v) is 4.20. The minimum absolute atomic E-state index is 0.0395. The van der Waals surface area contributed by atoms with E-state index in [-0.39, 0.29) is 24.3 Å². The number of piperidine rings is 1. The molecule has 2 N–H and O–H groups in total. The molecule has 0 bridgehead atoms. The van der Waals surface area contributed by atoms with Crippen molar-refractivity contribution in [1.82, 2.24) is 10.3 Å². The Morgan fingerprint density at radius 1 is 1.53 bits per heavy atom. The topological polar surface area (TPSA) is 79.3 Å². The maximum absolute atomic E-state index is 11.4. The number of carbonyl (C=O) groups is 2. The molecule has 0 unspecified atom stereocenters. The summed E-state index contributed by atoms with van der Waals surface area (Å²) >= 11 is 0. The predicted octanol–water partition coefficient (Wildman–Crippen LogP) is 1.12. The molecule has 0 saturated carbocycles. The number of hydrogen-bond donors (Lipinski definition) is 2. The Hall–Kier alpha value is -1.91. The highest BCUT2D eigenvalue weighted by atomic mass is 16.4. The number of amides is 1. The lowest BCUT2D eigenvalue weighted by Gasteiger charge is -2.30. The maximum Gasteiger partial charge on any atom is 0.303 e. The molecule has 0 aromatic carbocycles. The van der Waals surface area contributed by atoms with Crippen LogP contribution in [0.4, 0.5) is 0 Å². The van der Waals surface area contributed by atoms with Gasteiger partial charge in [-0.15, -0.1) is 0 Å². The van der Waals surface area contributed by atoms with Gasteiger partial charge in [-0.2, -0.15) is 0 Å². The summed E-state index contributed by atoms with van der Waals surface area (Å²) in [6, 6.07) is 5.15. The molecule has 0 spiro atoms. The van der Waals surface area contributed by atoms with E-state index in [1.165, 1.54) is 0 Å². The molecule has 2 atom stereocenters. The molecule has 2 heterocycles. The van der Waals surface area contributed by atoms with Crippen molar-refractivity contribution in [2.24, 2.45) is 5.92 Å². The average molecular weight is 234 g/mol. The highest BCUT2D eigenvalue weighted by Crippen LogP contribution is 2.30. The lowest BCUT2D eigenvalue weighted by molar-refractivity contribution is -0.139. The Labute approximate surface area is 98.9 Å². The van der Waals surface area contributed by atoms with Gasteiger partial charge in [-0.1, -0.05) is 6.07 Å². The third-order valence-electron chi connectivity index (χ3n) is 2.97. The van der Waals surface area contributed by atoms with Crippen molar-refractivity contribution in [3.05, 3.63) is 30.1 Å². The van der Waals surface area contributed by atoms with Gasteiger partial charge < -0.3 is 10.4 Å². The molecule has 1 aromatic rings. The van der Waals surface area contributed by atoms with Gasteiger partial charge in [0.1, 0.15) is 0 Å². The van der Waals surface area contributed by atoms with Gasteiger partial charge in [-0.05, 0) is 24.5 Å². The van der Waals surface area contributed by atoms with E-state index < -0.39 is 5.97 Å². The second-order valence-electron chi connectivity index (χ2n) is 4.20. The van der Waals surface area contributed by atoms with Gasteiger partial charge >= 0.3 is 5.97 Å². The van der Waals surface area contributed by atoms with Gasteiger partial charge in [0.2, 0.25) is 5.91 Å². The molecular formula is C12H14N2O3. The van der Waals surface area contributed by atoms with Crippen molar-refractivity contribution in [3.63, 3.8) is 0 Å². The van der Waals surface area contributed by atoms with Crippen molar-refractivity contribution < 1.29 is 14.7 Å². The van der Waals surface area contributed by atoms with Crippen molar-refractivity contribution in [3.8, 4) is 0 Å². The van der Waals surface area contributed by atoms with E-state index >= 15 is 0 Å². The molecule has 17 heavy (non-hydrogen) atoms. The van der Waals surface area contributed by atoms with Crippen LogP contribution in [-0.2, 0) is 9.59 Å². The minimum atomic E-state index is -0.841. The number of aromatic nitrogens is 1. The molecular weight excluding hydrogens is 220 g/mol. The Bertz CT molecular complexity index is 419. The van der Waals surface area contributed by atoms with Crippen molar-refractivity contribution in [2.45, 2.75) is 25.3 Å². The number of pyridine rings is 1. The van der Waals surface area contributed by atoms with Gasteiger partial charge in [-0.3, -0.25) is 14.6 Å². The van der Waals surface area contributed by atoms with Crippen LogP contribution in [0.1, 0.15) is 31.0 Å². The summed E-state index contributed by atoms with van der Waals surface area (Å²) in [5.41, 5.74) is 0.729. The number of nitrogens with zero attached hydrogens (tertiary/aromatic N) is 1. The first-order chi connectivity index (χ1) is 8.16. The van der Waals surface area contributed by atoms with Crippen LogP contribution >= 0.6 is 0 Å². The number of nitrogens with one attached hydrogen (secondary N) is 1. The van der Waals surface area contributed by atoms with Crippen molar-refractivity contribution in [1.29, 1.82) is 0 Å². The monoisotopic (exact) mass is 234 g/mol. The zero-order valence-corrected chi connectivity index (χ0v) is 9.30. The van der Waals surface area contributed by atoms with Gasteiger partial charge in [0.25, 0.3) is 0 Å². The smallest absolute Gasteiger partial charge is 0.303 e. The van der Waals surface area contributed by atoms with E-state index in [4.69, 9.17) is 5.11 Å². The van der Waals surface area contributed by atoms with E-state index in [0.717, 1.165) is 5.69 Å². The lowest BCUT2D eigenvalue weighted by Crippen LogP contribution is -2.39. The van der Waals surface area contributed by atoms with Crippen LogP contribution < -0.4 is 5.32 Å². The Balaban J connectivity index is 2.19. The molecule has 1 aliphatic heterocycles. The normalized spacial score (nSPS) is 24.1. The van der Waals surface area contributed by atoms with Gasteiger partial charge in [-0.25, -0.2) is 0 Å². The number of hydrogen-bond acceptors (Lipinski definition) is 3. The SMILES string of the molecule is O=C(O)C[C@H]1CCC(=O)N[C@@H]1c1ccccn1. The number of carboxylic acid groups (broad SMARTS) is 1. The molecule has 0 radical (unpaired) electrons. The molecule has 90 valence electrons. The number of rotatable bonds is 3. The molecule has 5 heteroatoms. The van der Waals surface area contributed by atoms with Gasteiger partial charge in [0.05, 0.1) is 18.2 Å². The van der Waals surface area contributed by atoms with Crippen LogP contribution in [0.25, 0.3) is 0 Å². The van der Waals surface area contributed by atoms with E-state index in [1.54, 1.807) is 12.3 Å². The lowest BCUT2D eigenvalue weighted by atomic mass is 9.86. The average Bonchev–Trinajstić information content (AvgIpc) is 2.32. The van der Waals surface area contributed by atoms with Gasteiger partial charge in [0.15, 0.2) is 0 Å². The minimum Gasteiger partial charge on any atom is -0.481 e. The fourth-order valence-corrected chi connectivity index (χ4v) is 2.17. The van der Waals surface area contributed by atoms with E-state index in [9.17, 15) is 9.59 Å². The zero-order valence-electron chi connectivity index (χ0n) is 9.30. The largest absolute Gasteiger partial charge is 0.481 e. The van der Waals surface area contributed by atoms with Crippen molar-refractivity contribution >= 4 is 11.9 Å². The molecule has 1 amide bonds. The van der Waals surface area contributed by atoms with Gasteiger partial charge in [0, 0.05) is 12.6 Å². The first-order valence-electron chi connectivity index (χ1n) is 5.59. The molecule has 5 nitrogen and oxygen atoms in total. The van der Waals surface area contributed by atoms with Crippen LogP contribution in [0.5, 0.6) is 0 Å². The number of aliphatic carboxylic acids is 1. The molecule has 1 saturated heterocycles. The quantitative estimate of drug-likeness (QED) is 0.821. The van der Waals surface area contributed by atoms with E-state index in [1.807, 2.05) is 12.1 Å². The third kappa shape index (κ3) is 2.81. The molecule has 0 aliphatic carbocycles. The summed E-state index contributed by atoms with van der Waals surface area (Å²) in [5, 5.41) is 11.7. The highest BCUT2D eigenvalue weighted by Gasteiger charge is 2.31. The summed E-state index contributed by atoms with van der Waals surface area (Å²) in [7, 11) is 0. The molecule has 1 aromatic heterocycles. The van der Waals surface area contributed by atoms with Crippen LogP contribution in [-0.4, -0.2) is 22.0 Å². The van der Waals surface area contributed by atoms with Crippen LogP contribution in [0.3, 0.4) is 0 Å². The van der Waals surface area contributed by atoms with Crippen molar-refractivity contribution in [2.75, 3.05) is 0 Å². The highest BCUT2D eigenvalue weighted by molar-refractivity contribution is 5.77. The molecule has 1 fully saturated rings. The van der Waals surface area contributed by atoms with Crippen LogP contribution in [0.15, 0.2) is 24.4 Å². The second kappa shape index (κ2) is 4.95. The Morgan fingerprint density at radius 2 is 2.35 bits per heavy atom. The standard InChI is InChI=1S/C12H14N2O3/c15-10-5-4-8(7-11(16)17)12(14-10)9-3-1-2-6-13-9/h1-3,6,8,12H,4-5,7H2,(H,14,15)(H,16,17)/t8-,12+/m1/s1. The fraction of sp³-hybridized carbons (Fsp3) is 0.417. The van der Waals surface area contributed by atoms with Crippen LogP contribution in [0.2, 0.25) is 0 Å². The Morgan fingerprint density at radius 3 is 3.00 bits per heavy atom. The summed E-state index contributed by atoms with van der Waals surface area (Å²) < 4.78 is 0. The number of carboxylic acids is 1. The first-order valence-corrected chi connectivity index (χ1v) is 5.59. The first kappa shape index (κ1) is 11.6. The zero-order chi connectivity index (χ0) is 12.3. The van der Waals surface area contributed by atoms with E-state index in [0.29, 0.717) is 12.8 Å². The van der Waals surface area contributed by atoms with E-state index in [2.05, 4.69) is 10.3 Å². The summed E-state index contributed by atoms with van der Waals surface area (Å²) in [4.78, 5) is 26.4. The number of carbonyl (C=O) groups excluding carboxylic acids is 1. The summed E-state index contributed by atoms with van der Waals surface area (Å²) in [6.07, 6.45) is 2.69. The molecule has 2 rings (SSSR count). The molecule has 1 aliphatic rings. The van der Waals surface area contributed by atoms with Crippen LogP contribution in [0, 0.1) is 5.92 Å². The predicted molar refractivity (Wildman–Crippen MR) is 60.1 cm³/mol. The summed E-state index contributed by atoms with van der Waals surface area (Å²) in [5.74, 6) is -0.963. The maximum atomic E-state index is 11.4. The summed E-state index contributed by atoms with van der Waals surface area (Å²) in [6.45, 7) is 0. The Kier molecular flexibility index (Phi) is 3.37. The third-order valence-corrected chi connectivity index (χ3v) is 2.97.